The molecule has 0 saturated carbocycles. The fraction of sp³-hybridized carbons (Fsp3) is 0.292. The monoisotopic (exact) mass is 449 g/mol. The molecule has 2 saturated heterocycles. The molecule has 2 N–H and O–H groups in total. The molecule has 2 aromatic heterocycles. The second-order valence-electron chi connectivity index (χ2n) is 8.00. The van der Waals surface area contributed by atoms with Gasteiger partial charge in [0.2, 0.25) is 0 Å². The number of ether oxygens (including phenoxy) is 1. The van der Waals surface area contributed by atoms with Crippen molar-refractivity contribution >= 4 is 23.3 Å². The van der Waals surface area contributed by atoms with Crippen LogP contribution in [-0.4, -0.2) is 45.3 Å². The highest BCUT2D eigenvalue weighted by Gasteiger charge is 2.42. The van der Waals surface area contributed by atoms with Crippen LogP contribution in [0.4, 0.5) is 0 Å². The second-order valence-corrected chi connectivity index (χ2v) is 8.39. The van der Waals surface area contributed by atoms with Crippen molar-refractivity contribution in [3.05, 3.63) is 77.8 Å². The first-order valence-electron chi connectivity index (χ1n) is 10.6. The van der Waals surface area contributed by atoms with Crippen LogP contribution in [0.1, 0.15) is 46.7 Å². The van der Waals surface area contributed by atoms with Crippen LogP contribution in [0.2, 0.25) is 0 Å². The van der Waals surface area contributed by atoms with Crippen molar-refractivity contribution in [2.45, 2.75) is 31.0 Å². The molecular weight excluding hydrogens is 426 g/mol. The maximum Gasteiger partial charge on any atom is 0.335 e. The lowest BCUT2D eigenvalue weighted by atomic mass is 10.0. The molecule has 0 bridgehead atoms. The molecule has 32 heavy (non-hydrogen) atoms. The van der Waals surface area contributed by atoms with E-state index in [1.54, 1.807) is 30.5 Å². The zero-order valence-electron chi connectivity index (χ0n) is 17.3. The van der Waals surface area contributed by atoms with E-state index in [9.17, 15) is 4.79 Å². The summed E-state index contributed by atoms with van der Waals surface area (Å²) in [5.41, 5.74) is 1.94. The zero-order chi connectivity index (χ0) is 22.1. The lowest BCUT2D eigenvalue weighted by Gasteiger charge is -2.28. The Morgan fingerprint density at radius 3 is 2.72 bits per heavy atom. The van der Waals surface area contributed by atoms with E-state index in [-0.39, 0.29) is 23.8 Å². The van der Waals surface area contributed by atoms with E-state index in [0.717, 1.165) is 36.5 Å². The zero-order valence-corrected chi connectivity index (χ0v) is 18.1. The lowest BCUT2D eigenvalue weighted by Crippen LogP contribution is -2.36. The lowest BCUT2D eigenvalue weighted by molar-refractivity contribution is 0.0696. The maximum atomic E-state index is 11.1. The van der Waals surface area contributed by atoms with Gasteiger partial charge in [0.15, 0.2) is 5.11 Å². The fourth-order valence-corrected chi connectivity index (χ4v) is 4.68. The summed E-state index contributed by atoms with van der Waals surface area (Å²) in [6, 6.07) is 16.0. The first kappa shape index (κ1) is 20.7. The van der Waals surface area contributed by atoms with Crippen LogP contribution in [0.5, 0.6) is 0 Å². The Kier molecular flexibility index (Phi) is 5.63. The normalized spacial score (nSPS) is 22.8. The van der Waals surface area contributed by atoms with Crippen molar-refractivity contribution < 1.29 is 19.1 Å². The van der Waals surface area contributed by atoms with E-state index in [2.05, 4.69) is 15.2 Å². The van der Waals surface area contributed by atoms with Gasteiger partial charge < -0.3 is 24.5 Å². The van der Waals surface area contributed by atoms with Gasteiger partial charge in [-0.3, -0.25) is 4.98 Å². The Labute approximate surface area is 191 Å². The van der Waals surface area contributed by atoms with Gasteiger partial charge in [-0.1, -0.05) is 18.2 Å². The Bertz CT molecular complexity index is 1110. The molecule has 0 amide bonds. The van der Waals surface area contributed by atoms with Crippen LogP contribution in [0.25, 0.3) is 11.3 Å². The molecule has 7 nitrogen and oxygen atoms in total. The number of nitrogens with one attached hydrogen (secondary N) is 1. The first-order valence-corrected chi connectivity index (χ1v) is 11.0. The van der Waals surface area contributed by atoms with Gasteiger partial charge in [0.1, 0.15) is 17.6 Å². The largest absolute Gasteiger partial charge is 0.478 e. The predicted octanol–water partition coefficient (Wildman–Crippen LogP) is 4.19. The molecule has 0 aliphatic carbocycles. The summed E-state index contributed by atoms with van der Waals surface area (Å²) < 4.78 is 12.2. The highest BCUT2D eigenvalue weighted by atomic mass is 32.1. The molecule has 5 rings (SSSR count). The minimum Gasteiger partial charge on any atom is -0.478 e. The van der Waals surface area contributed by atoms with E-state index in [1.807, 2.05) is 30.3 Å². The number of hydrogen-bond acceptors (Lipinski definition) is 5. The molecule has 164 valence electrons. The van der Waals surface area contributed by atoms with E-state index in [4.69, 9.17) is 26.5 Å². The quantitative estimate of drug-likeness (QED) is 0.542. The number of hydrogen-bond donors (Lipinski definition) is 2. The molecule has 0 radical (unpaired) electrons. The fourth-order valence-electron chi connectivity index (χ4n) is 4.36. The molecule has 2 fully saturated rings. The number of benzene rings is 1. The highest BCUT2D eigenvalue weighted by molar-refractivity contribution is 7.80. The van der Waals surface area contributed by atoms with Gasteiger partial charge in [0.05, 0.1) is 23.4 Å². The Balaban J connectivity index is 1.48. The summed E-state index contributed by atoms with van der Waals surface area (Å²) in [4.78, 5) is 17.8. The van der Waals surface area contributed by atoms with Crippen molar-refractivity contribution in [3.8, 4) is 11.3 Å². The summed E-state index contributed by atoms with van der Waals surface area (Å²) in [6.07, 6.45) is 3.99. The third-order valence-electron chi connectivity index (χ3n) is 5.96. The predicted molar refractivity (Wildman–Crippen MR) is 122 cm³/mol. The molecule has 2 aliphatic rings. The van der Waals surface area contributed by atoms with Crippen molar-refractivity contribution in [3.63, 3.8) is 0 Å². The summed E-state index contributed by atoms with van der Waals surface area (Å²) in [5.74, 6) is 0.486. The summed E-state index contributed by atoms with van der Waals surface area (Å²) in [5, 5.41) is 13.2. The molecule has 0 spiro atoms. The van der Waals surface area contributed by atoms with Gasteiger partial charge in [-0.2, -0.15) is 0 Å². The van der Waals surface area contributed by atoms with E-state index < -0.39 is 5.97 Å². The van der Waals surface area contributed by atoms with Gasteiger partial charge >= 0.3 is 5.97 Å². The van der Waals surface area contributed by atoms with Crippen molar-refractivity contribution in [1.29, 1.82) is 0 Å². The minimum atomic E-state index is -0.954. The van der Waals surface area contributed by atoms with Crippen LogP contribution in [0.3, 0.4) is 0 Å². The van der Waals surface area contributed by atoms with Gasteiger partial charge in [-0.05, 0) is 61.5 Å². The van der Waals surface area contributed by atoms with Crippen LogP contribution >= 0.6 is 12.2 Å². The Morgan fingerprint density at radius 2 is 2.03 bits per heavy atom. The van der Waals surface area contributed by atoms with Gasteiger partial charge in [0.25, 0.3) is 0 Å². The molecule has 0 unspecified atom stereocenters. The van der Waals surface area contributed by atoms with Crippen LogP contribution in [0.15, 0.2) is 65.2 Å². The third kappa shape index (κ3) is 3.99. The first-order chi connectivity index (χ1) is 15.6. The molecule has 3 atom stereocenters. The number of nitrogens with zero attached hydrogens (tertiary/aromatic N) is 2. The number of carboxylic acids is 1. The molecule has 3 aromatic rings. The SMILES string of the molecule is O=C(O)c1ccc(-c2ccc([C@@H]3[C@H](c4ccccn4)NC(=S)N3C[C@H]3CCCO3)o2)cc1. The highest BCUT2D eigenvalue weighted by Crippen LogP contribution is 2.41. The minimum absolute atomic E-state index is 0.137. The van der Waals surface area contributed by atoms with Crippen LogP contribution in [-0.2, 0) is 4.74 Å². The van der Waals surface area contributed by atoms with E-state index >= 15 is 0 Å². The standard InChI is InChI=1S/C24H23N3O4S/c28-23(29)16-8-6-15(7-9-16)19-10-11-20(31-19)22-21(18-5-1-2-12-25-18)26-24(32)27(22)14-17-4-3-13-30-17/h1-2,5-12,17,21-22H,3-4,13-14H2,(H,26,32)(H,28,29)/t17-,21+,22-/m1/s1. The topological polar surface area (TPSA) is 87.8 Å². The smallest absolute Gasteiger partial charge is 0.335 e. The third-order valence-corrected chi connectivity index (χ3v) is 6.31. The number of furan rings is 1. The number of carbonyl (C=O) groups is 1. The van der Waals surface area contributed by atoms with Gasteiger partial charge in [-0.15, -0.1) is 0 Å². The summed E-state index contributed by atoms with van der Waals surface area (Å²) >= 11 is 5.70. The molecular formula is C24H23N3O4S. The molecule has 2 aliphatic heterocycles. The second kappa shape index (κ2) is 8.72. The number of pyridine rings is 1. The molecule has 4 heterocycles. The van der Waals surface area contributed by atoms with Crippen LogP contribution < -0.4 is 5.32 Å². The van der Waals surface area contributed by atoms with Gasteiger partial charge in [-0.25, -0.2) is 4.79 Å². The number of carboxylic acid groups (broad SMARTS) is 1. The van der Waals surface area contributed by atoms with Gasteiger partial charge in [0, 0.05) is 24.9 Å². The maximum absolute atomic E-state index is 11.1. The number of rotatable bonds is 6. The molecule has 8 heteroatoms. The van der Waals surface area contributed by atoms with Crippen LogP contribution in [0, 0.1) is 0 Å². The summed E-state index contributed by atoms with van der Waals surface area (Å²) in [7, 11) is 0. The van der Waals surface area contributed by atoms with E-state index in [1.165, 1.54) is 0 Å². The Morgan fingerprint density at radius 1 is 1.19 bits per heavy atom. The number of aromatic carboxylic acids is 1. The summed E-state index contributed by atoms with van der Waals surface area (Å²) in [6.45, 7) is 1.47. The van der Waals surface area contributed by atoms with Crippen molar-refractivity contribution in [1.82, 2.24) is 15.2 Å². The van der Waals surface area contributed by atoms with E-state index in [0.29, 0.717) is 17.4 Å². The average molecular weight is 450 g/mol. The molecule has 1 aromatic carbocycles. The van der Waals surface area contributed by atoms with Crippen molar-refractivity contribution in [2.24, 2.45) is 0 Å². The average Bonchev–Trinajstić information content (AvgIpc) is 3.56. The Hall–Kier alpha value is -3.23. The van der Waals surface area contributed by atoms with Crippen molar-refractivity contribution in [2.75, 3.05) is 13.2 Å². The number of thiocarbonyl (C=S) groups is 1. The number of aromatic nitrogens is 1.